The molecule has 0 aromatic rings. The molecule has 1 unspecified atom stereocenters. The van der Waals surface area contributed by atoms with Gasteiger partial charge in [-0.2, -0.15) is 0 Å². The molecule has 1 aliphatic carbocycles. The number of hydrogen-bond acceptors (Lipinski definition) is 5. The van der Waals surface area contributed by atoms with Crippen LogP contribution in [0, 0.1) is 11.3 Å². The van der Waals surface area contributed by atoms with Crippen LogP contribution in [0.5, 0.6) is 0 Å². The molecule has 1 spiro atoms. The summed E-state index contributed by atoms with van der Waals surface area (Å²) in [5.74, 6) is 1.21. The maximum atomic E-state index is 13.2. The quantitative estimate of drug-likeness (QED) is 0.741. The van der Waals surface area contributed by atoms with E-state index in [4.69, 9.17) is 0 Å². The van der Waals surface area contributed by atoms with Gasteiger partial charge in [0.05, 0.1) is 11.8 Å². The van der Waals surface area contributed by atoms with E-state index in [0.29, 0.717) is 18.9 Å². The van der Waals surface area contributed by atoms with Crippen LogP contribution in [0.2, 0.25) is 0 Å². The topological polar surface area (TPSA) is 56.2 Å². The van der Waals surface area contributed by atoms with Crippen molar-refractivity contribution in [3.8, 4) is 0 Å². The number of rotatable bonds is 4. The average molecular weight is 389 g/mol. The summed E-state index contributed by atoms with van der Waals surface area (Å²) < 4.78 is 0. The summed E-state index contributed by atoms with van der Waals surface area (Å²) in [6.07, 6.45) is 6.89. The van der Waals surface area contributed by atoms with Gasteiger partial charge >= 0.3 is 0 Å². The maximum absolute atomic E-state index is 13.2. The van der Waals surface area contributed by atoms with E-state index < -0.39 is 0 Å². The lowest BCUT2D eigenvalue weighted by atomic mass is 9.78. The Morgan fingerprint density at radius 1 is 1.22 bits per heavy atom. The van der Waals surface area contributed by atoms with Gasteiger partial charge in [0.15, 0.2) is 5.17 Å². The highest BCUT2D eigenvalue weighted by molar-refractivity contribution is 8.16. The van der Waals surface area contributed by atoms with Crippen molar-refractivity contribution in [3.63, 3.8) is 0 Å². The molecule has 6 nitrogen and oxygen atoms in total. The lowest BCUT2D eigenvalue weighted by Crippen LogP contribution is -2.51. The molecule has 1 saturated carbocycles. The van der Waals surface area contributed by atoms with E-state index in [0.717, 1.165) is 75.2 Å². The number of thioether (sulfide) groups is 1. The lowest BCUT2D eigenvalue weighted by molar-refractivity contribution is -0.146. The van der Waals surface area contributed by atoms with Crippen molar-refractivity contribution >= 4 is 28.7 Å². The van der Waals surface area contributed by atoms with Gasteiger partial charge in [-0.3, -0.25) is 14.6 Å². The minimum atomic E-state index is -0.306. The number of hydrogen-bond donors (Lipinski definition) is 0. The van der Waals surface area contributed by atoms with Crippen LogP contribution < -0.4 is 0 Å². The van der Waals surface area contributed by atoms with Crippen molar-refractivity contribution in [2.75, 3.05) is 39.3 Å². The Kier molecular flexibility index (Phi) is 4.45. The third kappa shape index (κ3) is 3.28. The van der Waals surface area contributed by atoms with Crippen molar-refractivity contribution in [3.05, 3.63) is 11.1 Å². The number of likely N-dealkylation sites (tertiary alicyclic amines) is 2. The van der Waals surface area contributed by atoms with Crippen LogP contribution in [0.4, 0.5) is 0 Å². The van der Waals surface area contributed by atoms with Crippen LogP contribution in [-0.2, 0) is 9.59 Å². The Morgan fingerprint density at radius 2 is 2.11 bits per heavy atom. The number of amidine groups is 1. The first kappa shape index (κ1) is 17.6. The molecule has 0 aromatic heterocycles. The molecule has 0 radical (unpaired) electrons. The fraction of sp³-hybridized carbons (Fsp3) is 0.750. The Hall–Kier alpha value is -1.50. The smallest absolute Gasteiger partial charge is 0.230 e. The molecule has 146 valence electrons. The molecule has 2 amide bonds. The molecular weight excluding hydrogens is 360 g/mol. The second-order valence-electron chi connectivity index (χ2n) is 8.72. The van der Waals surface area contributed by atoms with E-state index in [1.807, 2.05) is 4.90 Å². The highest BCUT2D eigenvalue weighted by Gasteiger charge is 2.50. The third-order valence-electron chi connectivity index (χ3n) is 6.70. The number of piperidine rings is 1. The summed E-state index contributed by atoms with van der Waals surface area (Å²) in [5, 5.41) is 3.12. The predicted octanol–water partition coefficient (Wildman–Crippen LogP) is 2.28. The van der Waals surface area contributed by atoms with Gasteiger partial charge in [-0.1, -0.05) is 11.8 Å². The number of amides is 2. The zero-order chi connectivity index (χ0) is 18.4. The summed E-state index contributed by atoms with van der Waals surface area (Å²) in [5.41, 5.74) is 0.772. The summed E-state index contributed by atoms with van der Waals surface area (Å²) >= 11 is 1.64. The molecule has 2 saturated heterocycles. The normalized spacial score (nSPS) is 30.7. The van der Waals surface area contributed by atoms with Crippen molar-refractivity contribution in [2.45, 2.75) is 44.9 Å². The van der Waals surface area contributed by atoms with Crippen LogP contribution in [0.25, 0.3) is 0 Å². The number of nitrogens with zero attached hydrogens (tertiary/aromatic N) is 4. The van der Waals surface area contributed by atoms with E-state index >= 15 is 0 Å². The van der Waals surface area contributed by atoms with Gasteiger partial charge in [0, 0.05) is 45.0 Å². The van der Waals surface area contributed by atoms with Gasteiger partial charge in [0.2, 0.25) is 11.8 Å². The second kappa shape index (κ2) is 6.83. The Bertz CT molecular complexity index is 717. The van der Waals surface area contributed by atoms with Gasteiger partial charge < -0.3 is 14.7 Å². The third-order valence-corrected chi connectivity index (χ3v) is 7.65. The van der Waals surface area contributed by atoms with Crippen LogP contribution in [0.3, 0.4) is 0 Å². The molecule has 4 heterocycles. The standard InChI is InChI=1S/C20H28N4O2S/c25-17(11-16-13-27-19-21-7-2-9-24(16)19)23-10-6-20(14-23)5-1-8-22(18(20)26)12-15-3-4-15/h13,15H,1-12,14H2. The van der Waals surface area contributed by atoms with Crippen LogP contribution in [0.1, 0.15) is 44.9 Å². The highest BCUT2D eigenvalue weighted by atomic mass is 32.2. The fourth-order valence-electron chi connectivity index (χ4n) is 4.94. The van der Waals surface area contributed by atoms with Gasteiger partial charge in [-0.25, -0.2) is 0 Å². The van der Waals surface area contributed by atoms with Crippen LogP contribution in [-0.4, -0.2) is 71.0 Å². The second-order valence-corrected chi connectivity index (χ2v) is 9.55. The molecule has 0 aromatic carbocycles. The SMILES string of the molecule is O=C(CC1=CSC2=NCCCN12)N1CCC2(CCCN(CC3CC3)C2=O)C1. The van der Waals surface area contributed by atoms with E-state index in [-0.39, 0.29) is 11.3 Å². The first-order valence-corrected chi connectivity index (χ1v) is 11.3. The minimum Gasteiger partial charge on any atom is -0.342 e. The first-order valence-electron chi connectivity index (χ1n) is 10.4. The predicted molar refractivity (Wildman–Crippen MR) is 106 cm³/mol. The zero-order valence-corrected chi connectivity index (χ0v) is 16.7. The summed E-state index contributed by atoms with van der Waals surface area (Å²) in [6, 6.07) is 0. The van der Waals surface area contributed by atoms with Crippen LogP contribution in [0.15, 0.2) is 16.1 Å². The van der Waals surface area contributed by atoms with E-state index in [2.05, 4.69) is 20.2 Å². The molecule has 27 heavy (non-hydrogen) atoms. The van der Waals surface area contributed by atoms with Crippen molar-refractivity contribution in [2.24, 2.45) is 16.3 Å². The van der Waals surface area contributed by atoms with Gasteiger partial charge in [0.25, 0.3) is 0 Å². The summed E-state index contributed by atoms with van der Waals surface area (Å²) in [4.78, 5) is 36.9. The number of carbonyl (C=O) groups is 2. The molecule has 4 aliphatic heterocycles. The number of aliphatic imine (C=N–C) groups is 1. The molecule has 1 atom stereocenters. The average Bonchev–Trinajstić information content (AvgIpc) is 3.25. The molecule has 0 bridgehead atoms. The van der Waals surface area contributed by atoms with E-state index in [1.165, 1.54) is 12.8 Å². The fourth-order valence-corrected chi connectivity index (χ4v) is 5.90. The molecule has 7 heteroatoms. The maximum Gasteiger partial charge on any atom is 0.230 e. The summed E-state index contributed by atoms with van der Waals surface area (Å²) in [6.45, 7) is 5.05. The van der Waals surface area contributed by atoms with Crippen molar-refractivity contribution < 1.29 is 9.59 Å². The van der Waals surface area contributed by atoms with Gasteiger partial charge in [-0.15, -0.1) is 0 Å². The Labute approximate surface area is 165 Å². The number of carbonyl (C=O) groups excluding carboxylic acids is 2. The molecule has 3 fully saturated rings. The monoisotopic (exact) mass is 388 g/mol. The van der Waals surface area contributed by atoms with Gasteiger partial charge in [-0.05, 0) is 49.9 Å². The summed E-state index contributed by atoms with van der Waals surface area (Å²) in [7, 11) is 0. The molecule has 5 aliphatic rings. The molecular formula is C20H28N4O2S. The number of fused-ring (bicyclic) bond motifs is 1. The van der Waals surface area contributed by atoms with Crippen molar-refractivity contribution in [1.82, 2.24) is 14.7 Å². The largest absolute Gasteiger partial charge is 0.342 e. The highest BCUT2D eigenvalue weighted by Crippen LogP contribution is 2.42. The van der Waals surface area contributed by atoms with E-state index in [9.17, 15) is 9.59 Å². The molecule has 5 rings (SSSR count). The Balaban J connectivity index is 1.22. The van der Waals surface area contributed by atoms with E-state index in [1.54, 1.807) is 11.8 Å². The first-order chi connectivity index (χ1) is 13.1. The lowest BCUT2D eigenvalue weighted by Gasteiger charge is -2.39. The minimum absolute atomic E-state index is 0.165. The Morgan fingerprint density at radius 3 is 2.96 bits per heavy atom. The van der Waals surface area contributed by atoms with Gasteiger partial charge in [0.1, 0.15) is 0 Å². The van der Waals surface area contributed by atoms with Crippen LogP contribution >= 0.6 is 11.8 Å². The zero-order valence-electron chi connectivity index (χ0n) is 15.9. The molecule has 0 N–H and O–H groups in total. The van der Waals surface area contributed by atoms with Crippen molar-refractivity contribution in [1.29, 1.82) is 0 Å².